The Balaban J connectivity index is 2.24. The van der Waals surface area contributed by atoms with Gasteiger partial charge in [-0.1, -0.05) is 19.3 Å². The molecule has 70 valence electrons. The van der Waals surface area contributed by atoms with E-state index in [-0.39, 0.29) is 6.10 Å². The Bertz CT molecular complexity index is 139. The first kappa shape index (κ1) is 9.85. The maximum absolute atomic E-state index is 10.5. The maximum Gasteiger partial charge on any atom is 0.404 e. The van der Waals surface area contributed by atoms with Crippen molar-refractivity contribution in [3.05, 3.63) is 0 Å². The molecule has 0 aromatic rings. The van der Waals surface area contributed by atoms with Crippen LogP contribution in [0.3, 0.4) is 0 Å². The van der Waals surface area contributed by atoms with Crippen molar-refractivity contribution in [2.24, 2.45) is 0 Å². The largest absolute Gasteiger partial charge is 0.450 e. The summed E-state index contributed by atoms with van der Waals surface area (Å²) in [5.41, 5.74) is -0.652. The molecule has 0 saturated heterocycles. The van der Waals surface area contributed by atoms with Crippen LogP contribution >= 0.6 is 11.6 Å². The SMILES string of the molecule is O=C(Cl)OC1CCCCCCC1. The molecule has 2 nitrogen and oxygen atoms in total. The average molecular weight is 191 g/mol. The first-order chi connectivity index (χ1) is 5.79. The van der Waals surface area contributed by atoms with E-state index in [1.165, 1.54) is 19.3 Å². The smallest absolute Gasteiger partial charge is 0.404 e. The fraction of sp³-hybridized carbons (Fsp3) is 0.889. The number of ether oxygens (including phenoxy) is 1. The van der Waals surface area contributed by atoms with Crippen molar-refractivity contribution >= 4 is 17.0 Å². The Kier molecular flexibility index (Phi) is 4.44. The summed E-state index contributed by atoms with van der Waals surface area (Å²) in [6, 6.07) is 0. The zero-order valence-electron chi connectivity index (χ0n) is 7.22. The van der Waals surface area contributed by atoms with Gasteiger partial charge in [-0.15, -0.1) is 0 Å². The van der Waals surface area contributed by atoms with E-state index in [0.29, 0.717) is 0 Å². The van der Waals surface area contributed by atoms with Gasteiger partial charge >= 0.3 is 5.43 Å². The molecule has 1 aliphatic rings. The van der Waals surface area contributed by atoms with Crippen LogP contribution in [-0.2, 0) is 4.74 Å². The fourth-order valence-electron chi connectivity index (χ4n) is 1.67. The summed E-state index contributed by atoms with van der Waals surface area (Å²) < 4.78 is 4.95. The van der Waals surface area contributed by atoms with E-state index in [2.05, 4.69) is 0 Å². The lowest BCUT2D eigenvalue weighted by atomic mass is 9.99. The second kappa shape index (κ2) is 5.41. The number of hydrogen-bond donors (Lipinski definition) is 0. The molecule has 12 heavy (non-hydrogen) atoms. The van der Waals surface area contributed by atoms with Crippen LogP contribution in [0, 0.1) is 0 Å². The van der Waals surface area contributed by atoms with E-state index in [4.69, 9.17) is 16.3 Å². The Morgan fingerprint density at radius 1 is 1.08 bits per heavy atom. The van der Waals surface area contributed by atoms with Gasteiger partial charge in [0.25, 0.3) is 0 Å². The molecule has 0 atom stereocenters. The molecule has 1 aliphatic carbocycles. The van der Waals surface area contributed by atoms with Crippen molar-refractivity contribution in [2.75, 3.05) is 0 Å². The summed E-state index contributed by atoms with van der Waals surface area (Å²) in [6.07, 6.45) is 8.21. The molecule has 0 aromatic carbocycles. The van der Waals surface area contributed by atoms with E-state index >= 15 is 0 Å². The minimum Gasteiger partial charge on any atom is -0.450 e. The highest BCUT2D eigenvalue weighted by molar-refractivity contribution is 6.61. The van der Waals surface area contributed by atoms with Crippen LogP contribution < -0.4 is 0 Å². The standard InChI is InChI=1S/C9H15ClO2/c10-9(11)12-8-6-4-2-1-3-5-7-8/h8H,1-7H2. The molecule has 0 amide bonds. The Morgan fingerprint density at radius 3 is 2.08 bits per heavy atom. The van der Waals surface area contributed by atoms with Crippen LogP contribution in [0.1, 0.15) is 44.9 Å². The quantitative estimate of drug-likeness (QED) is 0.592. The number of halogens is 1. The lowest BCUT2D eigenvalue weighted by molar-refractivity contribution is 0.103. The first-order valence-corrected chi connectivity index (χ1v) is 5.03. The number of carbonyl (C=O) groups is 1. The van der Waals surface area contributed by atoms with E-state index in [1.54, 1.807) is 0 Å². The Hall–Kier alpha value is -0.240. The molecule has 0 aromatic heterocycles. The summed E-state index contributed by atoms with van der Waals surface area (Å²) in [7, 11) is 0. The first-order valence-electron chi connectivity index (χ1n) is 4.65. The lowest BCUT2D eigenvalue weighted by Crippen LogP contribution is -2.15. The zero-order chi connectivity index (χ0) is 8.81. The van der Waals surface area contributed by atoms with Gasteiger partial charge in [-0.05, 0) is 25.7 Å². The summed E-state index contributed by atoms with van der Waals surface area (Å²) in [6.45, 7) is 0. The van der Waals surface area contributed by atoms with E-state index in [9.17, 15) is 4.79 Å². The summed E-state index contributed by atoms with van der Waals surface area (Å²) in [5, 5.41) is 0. The van der Waals surface area contributed by atoms with Crippen molar-refractivity contribution in [1.82, 2.24) is 0 Å². The molecule has 1 rings (SSSR count). The highest BCUT2D eigenvalue weighted by Gasteiger charge is 2.13. The second-order valence-electron chi connectivity index (χ2n) is 3.32. The third-order valence-corrected chi connectivity index (χ3v) is 2.40. The topological polar surface area (TPSA) is 26.3 Å². The molecule has 0 aliphatic heterocycles. The highest BCUT2D eigenvalue weighted by atomic mass is 35.5. The van der Waals surface area contributed by atoms with Crippen molar-refractivity contribution in [3.63, 3.8) is 0 Å². The average Bonchev–Trinajstić information content (AvgIpc) is 1.93. The van der Waals surface area contributed by atoms with Crippen LogP contribution in [0.4, 0.5) is 4.79 Å². The highest BCUT2D eigenvalue weighted by Crippen LogP contribution is 2.19. The predicted molar refractivity (Wildman–Crippen MR) is 48.4 cm³/mol. The third kappa shape index (κ3) is 3.96. The van der Waals surface area contributed by atoms with Crippen molar-refractivity contribution < 1.29 is 9.53 Å². The zero-order valence-corrected chi connectivity index (χ0v) is 7.98. The van der Waals surface area contributed by atoms with Crippen LogP contribution in [0.25, 0.3) is 0 Å². The molecule has 0 radical (unpaired) electrons. The molecule has 0 bridgehead atoms. The van der Waals surface area contributed by atoms with Crippen LogP contribution in [0.5, 0.6) is 0 Å². The van der Waals surface area contributed by atoms with Gasteiger partial charge in [0.1, 0.15) is 6.10 Å². The van der Waals surface area contributed by atoms with Gasteiger partial charge in [-0.3, -0.25) is 0 Å². The van der Waals surface area contributed by atoms with Gasteiger partial charge < -0.3 is 4.74 Å². The number of carbonyl (C=O) groups excluding carboxylic acids is 1. The van der Waals surface area contributed by atoms with Gasteiger partial charge in [-0.2, -0.15) is 0 Å². The monoisotopic (exact) mass is 190 g/mol. The van der Waals surface area contributed by atoms with Crippen molar-refractivity contribution in [2.45, 2.75) is 51.0 Å². The Morgan fingerprint density at radius 2 is 1.58 bits per heavy atom. The molecule has 3 heteroatoms. The van der Waals surface area contributed by atoms with E-state index in [0.717, 1.165) is 25.7 Å². The van der Waals surface area contributed by atoms with Crippen LogP contribution in [0.2, 0.25) is 0 Å². The molecule has 0 unspecified atom stereocenters. The number of hydrogen-bond acceptors (Lipinski definition) is 2. The van der Waals surface area contributed by atoms with Crippen molar-refractivity contribution in [3.8, 4) is 0 Å². The fourth-order valence-corrected chi connectivity index (χ4v) is 1.79. The molecular formula is C9H15ClO2. The van der Waals surface area contributed by atoms with Gasteiger partial charge in [0.15, 0.2) is 0 Å². The maximum atomic E-state index is 10.5. The Labute approximate surface area is 78.2 Å². The minimum atomic E-state index is -0.652. The number of rotatable bonds is 1. The molecular weight excluding hydrogens is 176 g/mol. The molecule has 1 saturated carbocycles. The van der Waals surface area contributed by atoms with Crippen LogP contribution in [0.15, 0.2) is 0 Å². The lowest BCUT2D eigenvalue weighted by Gasteiger charge is -2.18. The summed E-state index contributed by atoms with van der Waals surface area (Å²) in [5.74, 6) is 0. The van der Waals surface area contributed by atoms with Crippen molar-refractivity contribution in [1.29, 1.82) is 0 Å². The van der Waals surface area contributed by atoms with E-state index in [1.807, 2.05) is 0 Å². The van der Waals surface area contributed by atoms with E-state index < -0.39 is 5.43 Å². The van der Waals surface area contributed by atoms with Gasteiger partial charge in [0.05, 0.1) is 0 Å². The third-order valence-electron chi connectivity index (χ3n) is 2.31. The van der Waals surface area contributed by atoms with Gasteiger partial charge in [-0.25, -0.2) is 4.79 Å². The molecule has 0 heterocycles. The molecule has 0 N–H and O–H groups in total. The summed E-state index contributed by atoms with van der Waals surface area (Å²) >= 11 is 5.14. The van der Waals surface area contributed by atoms with Gasteiger partial charge in [0.2, 0.25) is 0 Å². The normalized spacial score (nSPS) is 21.1. The second-order valence-corrected chi connectivity index (χ2v) is 3.63. The van der Waals surface area contributed by atoms with Crippen LogP contribution in [-0.4, -0.2) is 11.5 Å². The predicted octanol–water partition coefficient (Wildman–Crippen LogP) is 3.47. The minimum absolute atomic E-state index is 0.0790. The molecule has 0 spiro atoms. The van der Waals surface area contributed by atoms with Gasteiger partial charge in [0, 0.05) is 11.6 Å². The molecule has 1 fully saturated rings. The summed E-state index contributed by atoms with van der Waals surface area (Å²) in [4.78, 5) is 10.5.